The Bertz CT molecular complexity index is 2550. The van der Waals surface area contributed by atoms with E-state index >= 15 is 0 Å². The van der Waals surface area contributed by atoms with Gasteiger partial charge in [-0.2, -0.15) is 0 Å². The zero-order chi connectivity index (χ0) is 40.7. The molecule has 1 unspecified atom stereocenters. The van der Waals surface area contributed by atoms with Crippen molar-refractivity contribution in [1.82, 2.24) is 45.4 Å². The van der Waals surface area contributed by atoms with E-state index in [-0.39, 0.29) is 29.8 Å². The zero-order valence-electron chi connectivity index (χ0n) is 33.2. The van der Waals surface area contributed by atoms with Gasteiger partial charge in [0.25, 0.3) is 0 Å². The van der Waals surface area contributed by atoms with Crippen molar-refractivity contribution in [1.29, 1.82) is 0 Å². The third kappa shape index (κ3) is 7.39. The molecule has 2 saturated heterocycles. The largest absolute Gasteiger partial charge is 0.453 e. The van der Waals surface area contributed by atoms with Crippen molar-refractivity contribution in [2.24, 2.45) is 5.92 Å². The molecular weight excluding hydrogens is 739 g/mol. The molecule has 58 heavy (non-hydrogen) atoms. The number of aromatic amines is 2. The van der Waals surface area contributed by atoms with E-state index in [1.54, 1.807) is 11.8 Å². The number of imidazole rings is 2. The lowest BCUT2D eigenvalue weighted by atomic mass is 10.0. The van der Waals surface area contributed by atoms with E-state index < -0.39 is 24.3 Å². The van der Waals surface area contributed by atoms with Crippen LogP contribution in [0.4, 0.5) is 9.59 Å². The fourth-order valence-corrected chi connectivity index (χ4v) is 8.23. The number of rotatable bonds is 9. The summed E-state index contributed by atoms with van der Waals surface area (Å²) in [7, 11) is 2.56. The van der Waals surface area contributed by atoms with E-state index in [2.05, 4.69) is 55.7 Å². The monoisotopic (exact) mass is 785 g/mol. The molecule has 0 saturated carbocycles. The number of likely N-dealkylation sites (tertiary alicyclic amines) is 2. The Morgan fingerprint density at radius 2 is 1.19 bits per heavy atom. The number of H-pyrrole nitrogens is 2. The molecule has 2 aliphatic rings. The summed E-state index contributed by atoms with van der Waals surface area (Å²) in [6, 6.07) is 20.6. The molecule has 4 amide bonds. The summed E-state index contributed by atoms with van der Waals surface area (Å²) in [5.41, 5.74) is 8.02. The number of aromatic nitrogens is 5. The van der Waals surface area contributed by atoms with Crippen LogP contribution in [0, 0.1) is 5.92 Å². The van der Waals surface area contributed by atoms with Crippen LogP contribution in [-0.4, -0.2) is 98.1 Å². The van der Waals surface area contributed by atoms with Crippen LogP contribution in [0.1, 0.15) is 70.2 Å². The normalized spacial score (nSPS) is 17.9. The topological polar surface area (TPSA) is 188 Å². The molecule has 0 bridgehead atoms. The quantitative estimate of drug-likeness (QED) is 0.123. The van der Waals surface area contributed by atoms with Gasteiger partial charge in [0.15, 0.2) is 0 Å². The minimum Gasteiger partial charge on any atom is -0.453 e. The summed E-state index contributed by atoms with van der Waals surface area (Å²) in [6.45, 7) is 6.63. The van der Waals surface area contributed by atoms with Crippen LogP contribution < -0.4 is 10.6 Å². The zero-order valence-corrected chi connectivity index (χ0v) is 33.2. The predicted molar refractivity (Wildman–Crippen MR) is 218 cm³/mol. The number of methoxy groups -OCH3 is 2. The molecule has 2 fully saturated rings. The van der Waals surface area contributed by atoms with E-state index in [1.807, 2.05) is 55.1 Å². The number of pyridine rings is 1. The first-order valence-electron chi connectivity index (χ1n) is 19.7. The standard InChI is InChI=1S/C43H47N9O6/c1-23(2)37(50-43(56)58-5)41(54)52-19-7-9-36(52)39-46-31-16-11-26(21-33(31)48-39)25-10-14-29-27(20-25)12-15-30(45-29)28-13-17-32-34(22-28)49-38(47-32)35-8-6-18-51(35)40(53)24(3)44-42(55)57-4/h10-17,20-24,35-37H,6-9,18-19H2,1-5H3,(H,44,55)(H,46,48)(H,47,49)(H,50,56)/t24?,35-,36-,37-/m0/s1. The molecule has 300 valence electrons. The smallest absolute Gasteiger partial charge is 0.407 e. The Morgan fingerprint density at radius 3 is 1.79 bits per heavy atom. The number of hydrogen-bond acceptors (Lipinski definition) is 9. The van der Waals surface area contributed by atoms with Gasteiger partial charge in [-0.25, -0.2) is 24.5 Å². The first-order valence-corrected chi connectivity index (χ1v) is 19.7. The van der Waals surface area contributed by atoms with E-state index in [0.29, 0.717) is 18.9 Å². The molecular formula is C43H47N9O6. The Labute approximate surface area is 334 Å². The maximum atomic E-state index is 13.6. The number of carbonyl (C=O) groups is 4. The number of nitrogens with one attached hydrogen (secondary N) is 4. The molecule has 5 heterocycles. The van der Waals surface area contributed by atoms with Gasteiger partial charge in [-0.1, -0.05) is 38.1 Å². The van der Waals surface area contributed by atoms with Gasteiger partial charge in [0, 0.05) is 24.0 Å². The summed E-state index contributed by atoms with van der Waals surface area (Å²) < 4.78 is 9.44. The molecule has 15 heteroatoms. The highest BCUT2D eigenvalue weighted by Crippen LogP contribution is 2.36. The summed E-state index contributed by atoms with van der Waals surface area (Å²) >= 11 is 0. The van der Waals surface area contributed by atoms with Crippen LogP contribution in [0.5, 0.6) is 0 Å². The number of alkyl carbamates (subject to hydrolysis) is 2. The lowest BCUT2D eigenvalue weighted by molar-refractivity contribution is -0.135. The molecule has 3 aromatic carbocycles. The van der Waals surface area contributed by atoms with E-state index in [0.717, 1.165) is 86.9 Å². The van der Waals surface area contributed by atoms with Gasteiger partial charge in [-0.05, 0) is 92.1 Å². The van der Waals surface area contributed by atoms with Crippen LogP contribution in [0.25, 0.3) is 55.4 Å². The lowest BCUT2D eigenvalue weighted by Crippen LogP contribution is -2.51. The maximum absolute atomic E-state index is 13.6. The lowest BCUT2D eigenvalue weighted by Gasteiger charge is -2.29. The molecule has 4 N–H and O–H groups in total. The van der Waals surface area contributed by atoms with Crippen molar-refractivity contribution in [3.05, 3.63) is 78.4 Å². The second kappa shape index (κ2) is 15.8. The third-order valence-electron chi connectivity index (χ3n) is 11.3. The highest BCUT2D eigenvalue weighted by molar-refractivity contribution is 5.91. The number of ether oxygens (including phenoxy) is 2. The first kappa shape index (κ1) is 38.4. The number of carbonyl (C=O) groups excluding carboxylic acids is 4. The average molecular weight is 786 g/mol. The summed E-state index contributed by atoms with van der Waals surface area (Å²) in [5, 5.41) is 6.27. The summed E-state index contributed by atoms with van der Waals surface area (Å²) in [5.74, 6) is 1.01. The van der Waals surface area contributed by atoms with Crippen LogP contribution in [0.2, 0.25) is 0 Å². The van der Waals surface area contributed by atoms with Gasteiger partial charge >= 0.3 is 12.2 Å². The van der Waals surface area contributed by atoms with Gasteiger partial charge in [0.1, 0.15) is 23.7 Å². The van der Waals surface area contributed by atoms with E-state index in [1.165, 1.54) is 14.2 Å². The van der Waals surface area contributed by atoms with E-state index in [4.69, 9.17) is 19.7 Å². The predicted octanol–water partition coefficient (Wildman–Crippen LogP) is 6.77. The van der Waals surface area contributed by atoms with E-state index in [9.17, 15) is 19.2 Å². The molecule has 0 spiro atoms. The van der Waals surface area contributed by atoms with Crippen molar-refractivity contribution in [2.45, 2.75) is 70.6 Å². The van der Waals surface area contributed by atoms with Crippen LogP contribution in [-0.2, 0) is 19.1 Å². The fourth-order valence-electron chi connectivity index (χ4n) is 8.23. The Kier molecular flexibility index (Phi) is 10.4. The van der Waals surface area contributed by atoms with Crippen molar-refractivity contribution in [3.8, 4) is 22.4 Å². The highest BCUT2D eigenvalue weighted by Gasteiger charge is 2.38. The number of nitrogens with zero attached hydrogens (tertiary/aromatic N) is 5. The number of hydrogen-bond donors (Lipinski definition) is 4. The van der Waals surface area contributed by atoms with Gasteiger partial charge in [0.05, 0.1) is 59.6 Å². The molecule has 15 nitrogen and oxygen atoms in total. The number of benzene rings is 3. The minimum atomic E-state index is -0.719. The number of amides is 4. The maximum Gasteiger partial charge on any atom is 0.407 e. The molecule has 8 rings (SSSR count). The molecule has 0 radical (unpaired) electrons. The average Bonchev–Trinajstić information content (AvgIpc) is 4.06. The van der Waals surface area contributed by atoms with Gasteiger partial charge in [0.2, 0.25) is 11.8 Å². The third-order valence-corrected chi connectivity index (χ3v) is 11.3. The first-order chi connectivity index (χ1) is 28.0. The molecule has 4 atom stereocenters. The van der Waals surface area contributed by atoms with Crippen molar-refractivity contribution in [3.63, 3.8) is 0 Å². The number of fused-ring (bicyclic) bond motifs is 3. The molecule has 3 aromatic heterocycles. The van der Waals surface area contributed by atoms with Gasteiger partial charge < -0.3 is 39.9 Å². The summed E-state index contributed by atoms with van der Waals surface area (Å²) in [4.78, 5) is 75.8. The highest BCUT2D eigenvalue weighted by atomic mass is 16.5. The van der Waals surface area contributed by atoms with Crippen molar-refractivity contribution in [2.75, 3.05) is 27.3 Å². The molecule has 0 aliphatic carbocycles. The fraction of sp³-hybridized carbons (Fsp3) is 0.372. The van der Waals surface area contributed by atoms with Gasteiger partial charge in [-0.15, -0.1) is 0 Å². The Balaban J connectivity index is 0.992. The SMILES string of the molecule is COC(=O)NC(C)C(=O)N1CCC[C@H]1c1nc2ccc(-c3ccc4cc(-c5ccc6nc([C@@H]7CCCN7C(=O)[C@@H](NC(=O)OC)C(C)C)[nH]c6c5)ccc4n3)cc2[nH]1. The van der Waals surface area contributed by atoms with Crippen LogP contribution in [0.15, 0.2) is 66.7 Å². The van der Waals surface area contributed by atoms with Crippen molar-refractivity contribution >= 4 is 57.0 Å². The second-order valence-corrected chi connectivity index (χ2v) is 15.4. The van der Waals surface area contributed by atoms with Gasteiger partial charge in [-0.3, -0.25) is 9.59 Å². The van der Waals surface area contributed by atoms with Crippen molar-refractivity contribution < 1.29 is 28.7 Å². The minimum absolute atomic E-state index is 0.112. The molecule has 2 aliphatic heterocycles. The Hall–Kier alpha value is -6.51. The van der Waals surface area contributed by atoms with Crippen LogP contribution in [0.3, 0.4) is 0 Å². The molecule has 6 aromatic rings. The van der Waals surface area contributed by atoms with Crippen LogP contribution >= 0.6 is 0 Å². The summed E-state index contributed by atoms with van der Waals surface area (Å²) in [6.07, 6.45) is 1.96. The Morgan fingerprint density at radius 1 is 0.655 bits per heavy atom. The second-order valence-electron chi connectivity index (χ2n) is 15.4.